The van der Waals surface area contributed by atoms with Gasteiger partial charge in [0.1, 0.15) is 0 Å². The van der Waals surface area contributed by atoms with Gasteiger partial charge in [0.05, 0.1) is 5.92 Å². The Labute approximate surface area is 100 Å². The Morgan fingerprint density at radius 2 is 2.25 bits per heavy atom. The fourth-order valence-corrected chi connectivity index (χ4v) is 2.13. The Morgan fingerprint density at radius 1 is 1.56 bits per heavy atom. The average Bonchev–Trinajstić information content (AvgIpc) is 2.25. The monoisotopic (exact) mass is 241 g/mol. The lowest BCUT2D eigenvalue weighted by molar-refractivity contribution is -0.142. The SMILES string of the molecule is CC[C@@H](c1cccc(Cl)c1)[C@@H](CN)C(=O)O. The Balaban J connectivity index is 3.01. The van der Waals surface area contributed by atoms with Crippen molar-refractivity contribution in [2.24, 2.45) is 11.7 Å². The topological polar surface area (TPSA) is 63.3 Å². The van der Waals surface area contributed by atoms with E-state index in [-0.39, 0.29) is 12.5 Å². The highest BCUT2D eigenvalue weighted by Crippen LogP contribution is 2.29. The number of hydrogen-bond acceptors (Lipinski definition) is 2. The summed E-state index contributed by atoms with van der Waals surface area (Å²) in [5.41, 5.74) is 6.45. The van der Waals surface area contributed by atoms with Crippen LogP contribution in [0.2, 0.25) is 5.02 Å². The van der Waals surface area contributed by atoms with Gasteiger partial charge in [-0.1, -0.05) is 30.7 Å². The smallest absolute Gasteiger partial charge is 0.308 e. The van der Waals surface area contributed by atoms with E-state index in [1.54, 1.807) is 12.1 Å². The molecule has 2 atom stereocenters. The first-order valence-electron chi connectivity index (χ1n) is 5.28. The normalized spacial score (nSPS) is 14.4. The lowest BCUT2D eigenvalue weighted by Gasteiger charge is -2.22. The minimum absolute atomic E-state index is 0.0822. The number of halogens is 1. The summed E-state index contributed by atoms with van der Waals surface area (Å²) in [5.74, 6) is -1.49. The summed E-state index contributed by atoms with van der Waals surface area (Å²) in [6.07, 6.45) is 0.731. The average molecular weight is 242 g/mol. The molecule has 0 unspecified atom stereocenters. The van der Waals surface area contributed by atoms with Gasteiger partial charge in [-0.2, -0.15) is 0 Å². The van der Waals surface area contributed by atoms with Crippen LogP contribution >= 0.6 is 11.6 Å². The molecule has 0 aromatic heterocycles. The van der Waals surface area contributed by atoms with Crippen LogP contribution in [0.4, 0.5) is 0 Å². The number of benzene rings is 1. The van der Waals surface area contributed by atoms with Crippen molar-refractivity contribution in [1.82, 2.24) is 0 Å². The van der Waals surface area contributed by atoms with E-state index in [2.05, 4.69) is 0 Å². The van der Waals surface area contributed by atoms with Crippen LogP contribution in [0.25, 0.3) is 0 Å². The minimum Gasteiger partial charge on any atom is -0.481 e. The number of carbonyl (C=O) groups is 1. The van der Waals surface area contributed by atoms with Crippen molar-refractivity contribution in [3.63, 3.8) is 0 Å². The molecule has 0 aliphatic carbocycles. The summed E-state index contributed by atoms with van der Waals surface area (Å²) in [6, 6.07) is 7.30. The number of carboxylic acids is 1. The van der Waals surface area contributed by atoms with Crippen LogP contribution in [0, 0.1) is 5.92 Å². The van der Waals surface area contributed by atoms with E-state index in [4.69, 9.17) is 22.4 Å². The summed E-state index contributed by atoms with van der Waals surface area (Å²) >= 11 is 5.89. The number of nitrogens with two attached hydrogens (primary N) is 1. The predicted molar refractivity (Wildman–Crippen MR) is 64.7 cm³/mol. The van der Waals surface area contributed by atoms with Crippen molar-refractivity contribution in [1.29, 1.82) is 0 Å². The maximum Gasteiger partial charge on any atom is 0.308 e. The third-order valence-electron chi connectivity index (χ3n) is 2.77. The van der Waals surface area contributed by atoms with Crippen LogP contribution in [-0.4, -0.2) is 17.6 Å². The Kier molecular flexibility index (Phi) is 4.77. The molecule has 0 saturated carbocycles. The molecule has 88 valence electrons. The Bertz CT molecular complexity index is 368. The standard InChI is InChI=1S/C12H16ClNO2/c1-2-10(11(7-14)12(15)16)8-4-3-5-9(13)6-8/h3-6,10-11H,2,7,14H2,1H3,(H,15,16)/t10-,11+/m0/s1. The molecular weight excluding hydrogens is 226 g/mol. The second-order valence-corrected chi connectivity index (χ2v) is 4.19. The van der Waals surface area contributed by atoms with Crippen molar-refractivity contribution in [3.05, 3.63) is 34.9 Å². The summed E-state index contributed by atoms with van der Waals surface area (Å²) < 4.78 is 0. The molecule has 0 bridgehead atoms. The fraction of sp³-hybridized carbons (Fsp3) is 0.417. The molecule has 4 heteroatoms. The molecule has 0 amide bonds. The zero-order valence-corrected chi connectivity index (χ0v) is 9.95. The number of aliphatic carboxylic acids is 1. The van der Waals surface area contributed by atoms with E-state index in [1.165, 1.54) is 0 Å². The second-order valence-electron chi connectivity index (χ2n) is 3.75. The van der Waals surface area contributed by atoms with Crippen molar-refractivity contribution in [2.75, 3.05) is 6.54 Å². The highest BCUT2D eigenvalue weighted by atomic mass is 35.5. The number of rotatable bonds is 5. The zero-order chi connectivity index (χ0) is 12.1. The van der Waals surface area contributed by atoms with E-state index in [0.29, 0.717) is 5.02 Å². The predicted octanol–water partition coefficient (Wildman–Crippen LogP) is 2.49. The summed E-state index contributed by atoms with van der Waals surface area (Å²) in [6.45, 7) is 2.09. The minimum atomic E-state index is -0.852. The van der Waals surface area contributed by atoms with Gasteiger partial charge in [-0.15, -0.1) is 0 Å². The lowest BCUT2D eigenvalue weighted by Crippen LogP contribution is -2.29. The van der Waals surface area contributed by atoms with Gasteiger partial charge in [-0.3, -0.25) is 4.79 Å². The molecule has 0 heterocycles. The molecule has 0 radical (unpaired) electrons. The first kappa shape index (κ1) is 13.0. The first-order valence-corrected chi connectivity index (χ1v) is 5.66. The molecule has 0 aliphatic heterocycles. The molecule has 0 fully saturated rings. The molecule has 1 aromatic rings. The van der Waals surface area contributed by atoms with Crippen molar-refractivity contribution < 1.29 is 9.90 Å². The van der Waals surface area contributed by atoms with Gasteiger partial charge in [0, 0.05) is 11.6 Å². The van der Waals surface area contributed by atoms with Crippen LogP contribution in [0.3, 0.4) is 0 Å². The first-order chi connectivity index (χ1) is 7.60. The Morgan fingerprint density at radius 3 is 2.69 bits per heavy atom. The van der Waals surface area contributed by atoms with Crippen LogP contribution in [0.1, 0.15) is 24.8 Å². The highest BCUT2D eigenvalue weighted by Gasteiger charge is 2.26. The fourth-order valence-electron chi connectivity index (χ4n) is 1.93. The molecular formula is C12H16ClNO2. The maximum atomic E-state index is 11.1. The third kappa shape index (κ3) is 2.97. The molecule has 1 aromatic carbocycles. The molecule has 0 saturated heterocycles. The van der Waals surface area contributed by atoms with Gasteiger partial charge in [-0.05, 0) is 30.0 Å². The van der Waals surface area contributed by atoms with E-state index >= 15 is 0 Å². The lowest BCUT2D eigenvalue weighted by atomic mass is 9.84. The van der Waals surface area contributed by atoms with E-state index in [0.717, 1.165) is 12.0 Å². The van der Waals surface area contributed by atoms with Crippen LogP contribution in [0.15, 0.2) is 24.3 Å². The van der Waals surface area contributed by atoms with Crippen molar-refractivity contribution >= 4 is 17.6 Å². The second kappa shape index (κ2) is 5.87. The van der Waals surface area contributed by atoms with Crippen LogP contribution in [-0.2, 0) is 4.79 Å². The third-order valence-corrected chi connectivity index (χ3v) is 3.01. The maximum absolute atomic E-state index is 11.1. The van der Waals surface area contributed by atoms with Gasteiger partial charge in [0.15, 0.2) is 0 Å². The van der Waals surface area contributed by atoms with Crippen molar-refractivity contribution in [2.45, 2.75) is 19.3 Å². The quantitative estimate of drug-likeness (QED) is 0.833. The zero-order valence-electron chi connectivity index (χ0n) is 9.19. The van der Waals surface area contributed by atoms with Crippen LogP contribution in [0.5, 0.6) is 0 Å². The molecule has 3 nitrogen and oxygen atoms in total. The van der Waals surface area contributed by atoms with Gasteiger partial charge in [-0.25, -0.2) is 0 Å². The van der Waals surface area contributed by atoms with Gasteiger partial charge in [0.25, 0.3) is 0 Å². The molecule has 3 N–H and O–H groups in total. The number of carboxylic acid groups (broad SMARTS) is 1. The number of hydrogen-bond donors (Lipinski definition) is 2. The van der Waals surface area contributed by atoms with E-state index in [9.17, 15) is 4.79 Å². The van der Waals surface area contributed by atoms with E-state index < -0.39 is 11.9 Å². The molecule has 0 spiro atoms. The molecule has 16 heavy (non-hydrogen) atoms. The Hall–Kier alpha value is -1.06. The highest BCUT2D eigenvalue weighted by molar-refractivity contribution is 6.30. The molecule has 0 aliphatic rings. The van der Waals surface area contributed by atoms with Gasteiger partial charge < -0.3 is 10.8 Å². The summed E-state index contributed by atoms with van der Waals surface area (Å²) in [5, 5.41) is 9.71. The van der Waals surface area contributed by atoms with Crippen molar-refractivity contribution in [3.8, 4) is 0 Å². The molecule has 1 rings (SSSR count). The summed E-state index contributed by atoms with van der Waals surface area (Å²) in [4.78, 5) is 11.1. The summed E-state index contributed by atoms with van der Waals surface area (Å²) in [7, 11) is 0. The van der Waals surface area contributed by atoms with Crippen LogP contribution < -0.4 is 5.73 Å². The van der Waals surface area contributed by atoms with Gasteiger partial charge >= 0.3 is 5.97 Å². The largest absolute Gasteiger partial charge is 0.481 e. The van der Waals surface area contributed by atoms with Gasteiger partial charge in [0.2, 0.25) is 0 Å². The van der Waals surface area contributed by atoms with E-state index in [1.807, 2.05) is 19.1 Å².